The van der Waals surface area contributed by atoms with Crippen LogP contribution in [0.15, 0.2) is 24.3 Å². The van der Waals surface area contributed by atoms with Crippen LogP contribution in [0.5, 0.6) is 0 Å². The molecule has 0 saturated carbocycles. The molecule has 1 N–H and O–H groups in total. The summed E-state index contributed by atoms with van der Waals surface area (Å²) in [4.78, 5) is 9.86. The Hall–Kier alpha value is -0.336. The van der Waals surface area contributed by atoms with Crippen molar-refractivity contribution < 1.29 is 37.5 Å². The quantitative estimate of drug-likeness (QED) is 0.593. The SMILES string of the molecule is [CH2-]c1ccccc1N[C-]=O.[Y]. The molecule has 0 bridgehead atoms. The van der Waals surface area contributed by atoms with Gasteiger partial charge < -0.3 is 10.1 Å². The van der Waals surface area contributed by atoms with E-state index in [4.69, 9.17) is 0 Å². The molecule has 0 aliphatic rings. The Morgan fingerprint density at radius 1 is 1.36 bits per heavy atom. The molecule has 0 fully saturated rings. The summed E-state index contributed by atoms with van der Waals surface area (Å²) in [5.41, 5.74) is 1.50. The summed E-state index contributed by atoms with van der Waals surface area (Å²) in [6.45, 7) is 3.70. The van der Waals surface area contributed by atoms with E-state index < -0.39 is 0 Å². The predicted octanol–water partition coefficient (Wildman–Crippen LogP) is 1.35. The van der Waals surface area contributed by atoms with Crippen LogP contribution in [0.3, 0.4) is 0 Å². The van der Waals surface area contributed by atoms with Gasteiger partial charge in [-0.3, -0.25) is 0 Å². The monoisotopic (exact) mass is 222 g/mol. The van der Waals surface area contributed by atoms with Gasteiger partial charge in [-0.25, -0.2) is 12.5 Å². The first kappa shape index (κ1) is 10.7. The minimum atomic E-state index is 0. The van der Waals surface area contributed by atoms with Gasteiger partial charge in [0.15, 0.2) is 0 Å². The molecule has 2 nitrogen and oxygen atoms in total. The van der Waals surface area contributed by atoms with E-state index in [1.165, 1.54) is 0 Å². The molecule has 0 aliphatic carbocycles. The average Bonchev–Trinajstić information content (AvgIpc) is 1.94. The van der Waals surface area contributed by atoms with Gasteiger partial charge in [-0.2, -0.15) is 6.07 Å². The fraction of sp³-hybridized carbons (Fsp3) is 0. The first-order valence-electron chi connectivity index (χ1n) is 2.89. The van der Waals surface area contributed by atoms with Gasteiger partial charge >= 0.3 is 0 Å². The molecule has 55 valence electrons. The molecule has 1 aromatic rings. The molecule has 3 heteroatoms. The van der Waals surface area contributed by atoms with Gasteiger partial charge in [0, 0.05) is 32.7 Å². The molecule has 0 aromatic heterocycles. The van der Waals surface area contributed by atoms with E-state index >= 15 is 0 Å². The zero-order valence-electron chi connectivity index (χ0n) is 6.00. The van der Waals surface area contributed by atoms with Crippen molar-refractivity contribution in [3.05, 3.63) is 36.8 Å². The molecule has 1 radical (unpaired) electrons. The number of carbonyl (C=O) groups excluding carboxylic acids is 1. The Labute approximate surface area is 91.3 Å². The average molecular weight is 222 g/mol. The van der Waals surface area contributed by atoms with Gasteiger partial charge in [0.2, 0.25) is 0 Å². The number of rotatable bonds is 2. The zero-order chi connectivity index (χ0) is 7.40. The number of amides is 1. The Kier molecular flexibility index (Phi) is 5.17. The normalized spacial score (nSPS) is 8.00. The Morgan fingerprint density at radius 3 is 2.55 bits per heavy atom. The second kappa shape index (κ2) is 5.33. The van der Waals surface area contributed by atoms with Gasteiger partial charge in [-0.05, 0) is 0 Å². The maximum absolute atomic E-state index is 9.86. The molecule has 0 heterocycles. The third-order valence-electron chi connectivity index (χ3n) is 1.20. The Morgan fingerprint density at radius 2 is 2.00 bits per heavy atom. The van der Waals surface area contributed by atoms with Crippen molar-refractivity contribution in [3.8, 4) is 0 Å². The Balaban J connectivity index is 0.000001000. The number of nitrogens with one attached hydrogen (secondary N) is 1. The molecular weight excluding hydrogens is 215 g/mol. The number of hydrogen-bond donors (Lipinski definition) is 1. The standard InChI is InChI=1S/C8H7NO.Y/c1-7-4-2-3-5-8(7)9-6-10;/h2-5H,1H2,(H,9,10);/q-2;. The number of hydrogen-bond acceptors (Lipinski definition) is 1. The molecule has 11 heavy (non-hydrogen) atoms. The van der Waals surface area contributed by atoms with Gasteiger partial charge in [-0.1, -0.05) is 6.07 Å². The van der Waals surface area contributed by atoms with Gasteiger partial charge in [0.05, 0.1) is 6.41 Å². The molecule has 1 rings (SSSR count). The van der Waals surface area contributed by atoms with Crippen LogP contribution in [0.4, 0.5) is 5.69 Å². The van der Waals surface area contributed by atoms with E-state index in [-0.39, 0.29) is 32.7 Å². The first-order chi connectivity index (χ1) is 4.84. The molecule has 0 saturated heterocycles. The topological polar surface area (TPSA) is 29.1 Å². The van der Waals surface area contributed by atoms with Crippen LogP contribution in [-0.4, -0.2) is 6.41 Å². The summed E-state index contributed by atoms with van der Waals surface area (Å²) in [7, 11) is 0. The van der Waals surface area contributed by atoms with Crippen LogP contribution in [0.25, 0.3) is 0 Å². The van der Waals surface area contributed by atoms with Crippen LogP contribution >= 0.6 is 0 Å². The summed E-state index contributed by atoms with van der Waals surface area (Å²) in [6.07, 6.45) is 1.58. The van der Waals surface area contributed by atoms with Crippen LogP contribution in [0, 0.1) is 6.92 Å². The zero-order valence-corrected chi connectivity index (χ0v) is 8.84. The number of benzene rings is 1. The summed E-state index contributed by atoms with van der Waals surface area (Å²) in [5.74, 6) is 0. The minimum Gasteiger partial charge on any atom is -0.491 e. The van der Waals surface area contributed by atoms with Crippen molar-refractivity contribution in [1.82, 2.24) is 0 Å². The third kappa shape index (κ3) is 3.04. The fourth-order valence-corrected chi connectivity index (χ4v) is 0.697. The van der Waals surface area contributed by atoms with Crippen LogP contribution in [0.1, 0.15) is 5.56 Å². The first-order valence-corrected chi connectivity index (χ1v) is 2.89. The molecule has 0 atom stereocenters. The van der Waals surface area contributed by atoms with Crippen LogP contribution in [0.2, 0.25) is 0 Å². The van der Waals surface area contributed by atoms with Crippen molar-refractivity contribution in [3.63, 3.8) is 0 Å². The van der Waals surface area contributed by atoms with Crippen LogP contribution in [-0.2, 0) is 37.5 Å². The van der Waals surface area contributed by atoms with E-state index in [0.717, 1.165) is 5.56 Å². The summed E-state index contributed by atoms with van der Waals surface area (Å²) in [6, 6.07) is 7.28. The van der Waals surface area contributed by atoms with E-state index in [2.05, 4.69) is 12.2 Å². The van der Waals surface area contributed by atoms with E-state index in [1.807, 2.05) is 18.2 Å². The van der Waals surface area contributed by atoms with Gasteiger partial charge in [0.25, 0.3) is 0 Å². The van der Waals surface area contributed by atoms with Crippen molar-refractivity contribution in [2.75, 3.05) is 5.32 Å². The van der Waals surface area contributed by atoms with Crippen molar-refractivity contribution in [2.45, 2.75) is 0 Å². The second-order valence-electron chi connectivity index (χ2n) is 1.88. The van der Waals surface area contributed by atoms with E-state index in [1.54, 1.807) is 12.5 Å². The van der Waals surface area contributed by atoms with E-state index in [0.29, 0.717) is 5.69 Å². The molecular formula is C8H7NOY-2. The molecule has 0 spiro atoms. The second-order valence-corrected chi connectivity index (χ2v) is 1.88. The maximum atomic E-state index is 9.86. The smallest absolute Gasteiger partial charge is 0.0692 e. The van der Waals surface area contributed by atoms with Crippen molar-refractivity contribution in [2.24, 2.45) is 0 Å². The third-order valence-corrected chi connectivity index (χ3v) is 1.20. The fourth-order valence-electron chi connectivity index (χ4n) is 0.697. The van der Waals surface area contributed by atoms with Crippen LogP contribution < -0.4 is 5.32 Å². The Bertz CT molecular complexity index is 237. The predicted molar refractivity (Wildman–Crippen MR) is 40.2 cm³/mol. The number of anilines is 1. The molecule has 0 unspecified atom stereocenters. The molecule has 1 amide bonds. The van der Waals surface area contributed by atoms with E-state index in [9.17, 15) is 4.79 Å². The van der Waals surface area contributed by atoms with Gasteiger partial charge in [0.1, 0.15) is 0 Å². The summed E-state index contributed by atoms with van der Waals surface area (Å²) in [5, 5.41) is 2.41. The summed E-state index contributed by atoms with van der Waals surface area (Å²) < 4.78 is 0. The molecule has 0 aliphatic heterocycles. The summed E-state index contributed by atoms with van der Waals surface area (Å²) >= 11 is 0. The largest absolute Gasteiger partial charge is 0.491 e. The van der Waals surface area contributed by atoms with Crippen molar-refractivity contribution >= 4 is 12.1 Å². The maximum Gasteiger partial charge on any atom is 0.0692 e. The van der Waals surface area contributed by atoms with Gasteiger partial charge in [-0.15, -0.1) is 17.8 Å². The van der Waals surface area contributed by atoms with Crippen molar-refractivity contribution in [1.29, 1.82) is 0 Å². The molecule has 1 aromatic carbocycles. The minimum absolute atomic E-state index is 0. The number of para-hydroxylation sites is 1.